The molecule has 1 aromatic carbocycles. The molecule has 0 fully saturated rings. The van der Waals surface area contributed by atoms with Gasteiger partial charge in [-0.25, -0.2) is 4.39 Å². The van der Waals surface area contributed by atoms with Crippen molar-refractivity contribution < 1.29 is 4.39 Å². The summed E-state index contributed by atoms with van der Waals surface area (Å²) < 4.78 is 13.2. The van der Waals surface area contributed by atoms with Gasteiger partial charge in [0.15, 0.2) is 0 Å². The second kappa shape index (κ2) is 2.74. The lowest BCUT2D eigenvalue weighted by Gasteiger charge is -2.21. The Balaban J connectivity index is 2.49. The molecule has 62 valence electrons. The molecule has 0 aromatic heterocycles. The normalized spacial score (nSPS) is 22.1. The molecule has 0 heterocycles. The van der Waals surface area contributed by atoms with Gasteiger partial charge in [-0.3, -0.25) is 0 Å². The Morgan fingerprint density at radius 1 is 1.33 bits per heavy atom. The summed E-state index contributed by atoms with van der Waals surface area (Å²) in [7, 11) is 0. The van der Waals surface area contributed by atoms with Gasteiger partial charge in [-0.2, -0.15) is 0 Å². The van der Waals surface area contributed by atoms with Gasteiger partial charge in [0.05, 0.1) is 0 Å². The Kier molecular flexibility index (Phi) is 1.72. The third kappa shape index (κ3) is 1.06. The van der Waals surface area contributed by atoms with Crippen molar-refractivity contribution in [3.63, 3.8) is 0 Å². The molecule has 0 aliphatic heterocycles. The van der Waals surface area contributed by atoms with Crippen molar-refractivity contribution in [1.29, 1.82) is 0 Å². The predicted molar refractivity (Wildman–Crippen MR) is 48.7 cm³/mol. The third-order valence-corrected chi connectivity index (χ3v) is 2.41. The number of halogens is 1. The minimum absolute atomic E-state index is 0.593. The maximum atomic E-state index is 13.2. The summed E-state index contributed by atoms with van der Waals surface area (Å²) in [5.74, 6) is 0. The highest BCUT2D eigenvalue weighted by Crippen LogP contribution is 2.31. The minimum Gasteiger partial charge on any atom is -0.242 e. The fourth-order valence-corrected chi connectivity index (χ4v) is 1.68. The summed E-state index contributed by atoms with van der Waals surface area (Å²) in [6.07, 6.45) is 0.603. The number of hydrogen-bond acceptors (Lipinski definition) is 0. The largest absolute Gasteiger partial charge is 0.242 e. The molecule has 0 nitrogen and oxygen atoms in total. The molecule has 1 heteroatoms. The van der Waals surface area contributed by atoms with Gasteiger partial charge in [0.1, 0.15) is 6.17 Å². The van der Waals surface area contributed by atoms with E-state index >= 15 is 0 Å². The third-order valence-electron chi connectivity index (χ3n) is 2.41. The van der Waals surface area contributed by atoms with Crippen LogP contribution in [0.2, 0.25) is 0 Å². The zero-order chi connectivity index (χ0) is 8.55. The lowest BCUT2D eigenvalue weighted by molar-refractivity contribution is 0.383. The fraction of sp³-hybridized carbons (Fsp3) is 0.273. The predicted octanol–water partition coefficient (Wildman–Crippen LogP) is 2.98. The molecule has 1 atom stereocenters. The van der Waals surface area contributed by atoms with Crippen molar-refractivity contribution in [2.75, 3.05) is 0 Å². The molecule has 0 saturated heterocycles. The Hall–Kier alpha value is -1.11. The van der Waals surface area contributed by atoms with Crippen LogP contribution in [0.25, 0.3) is 5.57 Å². The Morgan fingerprint density at radius 2 is 2.08 bits per heavy atom. The van der Waals surface area contributed by atoms with Gasteiger partial charge in [-0.1, -0.05) is 30.8 Å². The van der Waals surface area contributed by atoms with E-state index < -0.39 is 6.17 Å². The van der Waals surface area contributed by atoms with Gasteiger partial charge < -0.3 is 0 Å². The molecule has 0 radical (unpaired) electrons. The van der Waals surface area contributed by atoms with Crippen LogP contribution >= 0.6 is 0 Å². The minimum atomic E-state index is -0.833. The number of fused-ring (bicyclic) bond motifs is 1. The maximum absolute atomic E-state index is 13.2. The van der Waals surface area contributed by atoms with Crippen LogP contribution in [0.5, 0.6) is 0 Å². The van der Waals surface area contributed by atoms with Gasteiger partial charge in [0, 0.05) is 0 Å². The summed E-state index contributed by atoms with van der Waals surface area (Å²) in [4.78, 5) is 0. The van der Waals surface area contributed by atoms with Crippen LogP contribution in [0.4, 0.5) is 4.39 Å². The molecule has 1 unspecified atom stereocenters. The van der Waals surface area contributed by atoms with E-state index in [-0.39, 0.29) is 0 Å². The molecule has 1 aliphatic rings. The summed E-state index contributed by atoms with van der Waals surface area (Å²) in [5, 5.41) is 0. The van der Waals surface area contributed by atoms with Crippen molar-refractivity contribution >= 4 is 5.57 Å². The summed E-state index contributed by atoms with van der Waals surface area (Å²) in [6.45, 7) is 3.76. The molecule has 12 heavy (non-hydrogen) atoms. The van der Waals surface area contributed by atoms with Crippen molar-refractivity contribution in [3.05, 3.63) is 42.0 Å². The van der Waals surface area contributed by atoms with E-state index in [1.54, 1.807) is 0 Å². The van der Waals surface area contributed by atoms with E-state index in [0.717, 1.165) is 12.0 Å². The molecule has 0 saturated carbocycles. The maximum Gasteiger partial charge on any atom is 0.125 e. The van der Waals surface area contributed by atoms with Crippen LogP contribution in [0.1, 0.15) is 17.5 Å². The number of benzene rings is 1. The van der Waals surface area contributed by atoms with E-state index in [9.17, 15) is 4.39 Å². The number of rotatable bonds is 0. The zero-order valence-corrected chi connectivity index (χ0v) is 6.89. The quantitative estimate of drug-likeness (QED) is 0.550. The average molecular weight is 162 g/mol. The molecular weight excluding hydrogens is 151 g/mol. The van der Waals surface area contributed by atoms with Gasteiger partial charge in [-0.15, -0.1) is 0 Å². The van der Waals surface area contributed by atoms with E-state index in [4.69, 9.17) is 0 Å². The fourth-order valence-electron chi connectivity index (χ4n) is 1.68. The van der Waals surface area contributed by atoms with E-state index in [1.165, 1.54) is 5.56 Å². The Bertz CT molecular complexity index is 315. The van der Waals surface area contributed by atoms with Crippen LogP contribution in [0.15, 0.2) is 30.8 Å². The molecule has 0 bridgehead atoms. The first-order chi connectivity index (χ1) is 5.79. The van der Waals surface area contributed by atoms with Crippen molar-refractivity contribution in [2.24, 2.45) is 0 Å². The average Bonchev–Trinajstić information content (AvgIpc) is 2.12. The van der Waals surface area contributed by atoms with Gasteiger partial charge in [0.2, 0.25) is 0 Å². The highest BCUT2D eigenvalue weighted by Gasteiger charge is 2.20. The summed E-state index contributed by atoms with van der Waals surface area (Å²) in [6, 6.07) is 7.92. The molecule has 1 aromatic rings. The molecular formula is C11H11F. The SMILES string of the molecule is C=C1c2ccccc2CCC1F. The Labute approximate surface area is 71.7 Å². The molecule has 0 spiro atoms. The summed E-state index contributed by atoms with van der Waals surface area (Å²) in [5.41, 5.74) is 2.89. The number of aryl methyl sites for hydroxylation is 1. The Morgan fingerprint density at radius 3 is 2.92 bits per heavy atom. The van der Waals surface area contributed by atoms with E-state index in [0.29, 0.717) is 12.0 Å². The van der Waals surface area contributed by atoms with Gasteiger partial charge in [-0.05, 0) is 29.5 Å². The molecule has 2 rings (SSSR count). The highest BCUT2D eigenvalue weighted by atomic mass is 19.1. The van der Waals surface area contributed by atoms with Gasteiger partial charge >= 0.3 is 0 Å². The lowest BCUT2D eigenvalue weighted by Crippen LogP contribution is -2.12. The number of hydrogen-bond donors (Lipinski definition) is 0. The first-order valence-electron chi connectivity index (χ1n) is 4.20. The first-order valence-corrected chi connectivity index (χ1v) is 4.20. The van der Waals surface area contributed by atoms with Crippen molar-refractivity contribution in [1.82, 2.24) is 0 Å². The molecule has 0 N–H and O–H groups in total. The topological polar surface area (TPSA) is 0 Å². The summed E-state index contributed by atoms with van der Waals surface area (Å²) >= 11 is 0. The zero-order valence-electron chi connectivity index (χ0n) is 6.89. The second-order valence-electron chi connectivity index (χ2n) is 3.19. The van der Waals surface area contributed by atoms with Crippen LogP contribution in [-0.4, -0.2) is 6.17 Å². The number of allylic oxidation sites excluding steroid dienone is 1. The monoisotopic (exact) mass is 162 g/mol. The second-order valence-corrected chi connectivity index (χ2v) is 3.19. The van der Waals surface area contributed by atoms with Crippen LogP contribution < -0.4 is 0 Å². The van der Waals surface area contributed by atoms with Crippen LogP contribution in [-0.2, 0) is 6.42 Å². The van der Waals surface area contributed by atoms with Crippen molar-refractivity contribution in [2.45, 2.75) is 19.0 Å². The van der Waals surface area contributed by atoms with E-state index in [1.807, 2.05) is 24.3 Å². The van der Waals surface area contributed by atoms with Crippen LogP contribution in [0, 0.1) is 0 Å². The molecule has 0 amide bonds. The van der Waals surface area contributed by atoms with Crippen molar-refractivity contribution in [3.8, 4) is 0 Å². The standard InChI is InChI=1S/C11H11F/c1-8-10-5-3-2-4-9(10)6-7-11(8)12/h2-5,11H,1,6-7H2. The first kappa shape index (κ1) is 7.53. The smallest absolute Gasteiger partial charge is 0.125 e. The highest BCUT2D eigenvalue weighted by molar-refractivity contribution is 5.70. The molecule has 1 aliphatic carbocycles. The number of alkyl halides is 1. The van der Waals surface area contributed by atoms with Crippen LogP contribution in [0.3, 0.4) is 0 Å². The lowest BCUT2D eigenvalue weighted by atomic mass is 9.87. The van der Waals surface area contributed by atoms with E-state index in [2.05, 4.69) is 6.58 Å². The van der Waals surface area contributed by atoms with Gasteiger partial charge in [0.25, 0.3) is 0 Å².